The summed E-state index contributed by atoms with van der Waals surface area (Å²) in [5.41, 5.74) is 2.40. The summed E-state index contributed by atoms with van der Waals surface area (Å²) in [6, 6.07) is 17.4. The van der Waals surface area contributed by atoms with Crippen molar-refractivity contribution in [1.82, 2.24) is 5.32 Å². The Bertz CT molecular complexity index is 1500. The van der Waals surface area contributed by atoms with E-state index in [0.717, 1.165) is 31.2 Å². The SMILES string of the molecule is Cc1ccccc1C(=O)c1c2ccc(=O)cc-2oc2cc(OCCCCCCNC(=O)OC(C)(C)C)ccc12. The van der Waals surface area contributed by atoms with Crippen molar-refractivity contribution in [2.75, 3.05) is 13.2 Å². The molecule has 204 valence electrons. The molecule has 0 aromatic heterocycles. The van der Waals surface area contributed by atoms with Gasteiger partial charge in [0, 0.05) is 40.8 Å². The molecule has 2 aromatic carbocycles. The predicted molar refractivity (Wildman–Crippen MR) is 152 cm³/mol. The Balaban J connectivity index is 1.41. The second kappa shape index (κ2) is 12.2. The molecule has 7 nitrogen and oxygen atoms in total. The van der Waals surface area contributed by atoms with Gasteiger partial charge >= 0.3 is 6.09 Å². The van der Waals surface area contributed by atoms with Crippen molar-refractivity contribution in [3.05, 3.63) is 87.6 Å². The molecule has 39 heavy (non-hydrogen) atoms. The number of nitrogens with one attached hydrogen (secondary N) is 1. The lowest BCUT2D eigenvalue weighted by Crippen LogP contribution is -2.32. The van der Waals surface area contributed by atoms with Crippen LogP contribution in [0.4, 0.5) is 4.79 Å². The second-order valence-electron chi connectivity index (χ2n) is 10.6. The van der Waals surface area contributed by atoms with Crippen molar-refractivity contribution in [2.24, 2.45) is 0 Å². The first kappa shape index (κ1) is 27.9. The van der Waals surface area contributed by atoms with Crippen molar-refractivity contribution >= 4 is 22.8 Å². The predicted octanol–water partition coefficient (Wildman–Crippen LogP) is 6.90. The molecule has 1 heterocycles. The Hall–Kier alpha value is -4.13. The molecule has 0 atom stereocenters. The zero-order valence-electron chi connectivity index (χ0n) is 23.0. The van der Waals surface area contributed by atoms with Crippen LogP contribution in [0.1, 0.15) is 67.9 Å². The van der Waals surface area contributed by atoms with Crippen LogP contribution in [-0.4, -0.2) is 30.6 Å². The maximum Gasteiger partial charge on any atom is 0.407 e. The van der Waals surface area contributed by atoms with Gasteiger partial charge in [-0.05, 0) is 70.4 Å². The summed E-state index contributed by atoms with van der Waals surface area (Å²) in [7, 11) is 0. The van der Waals surface area contributed by atoms with E-state index in [1.54, 1.807) is 12.1 Å². The zero-order valence-corrected chi connectivity index (χ0v) is 23.0. The zero-order chi connectivity index (χ0) is 28.0. The fourth-order valence-electron chi connectivity index (χ4n) is 4.42. The Labute approximate surface area is 228 Å². The summed E-state index contributed by atoms with van der Waals surface area (Å²) in [5, 5.41) is 3.43. The van der Waals surface area contributed by atoms with Gasteiger partial charge in [-0.15, -0.1) is 0 Å². The molecule has 1 aliphatic carbocycles. The summed E-state index contributed by atoms with van der Waals surface area (Å²) in [6.45, 7) is 8.52. The molecule has 2 aliphatic rings. The third kappa shape index (κ3) is 7.25. The van der Waals surface area contributed by atoms with Crippen LogP contribution in [0.5, 0.6) is 5.75 Å². The minimum absolute atomic E-state index is 0.118. The van der Waals surface area contributed by atoms with Gasteiger partial charge in [0.2, 0.25) is 0 Å². The Morgan fingerprint density at radius 1 is 0.923 bits per heavy atom. The topological polar surface area (TPSA) is 94.8 Å². The monoisotopic (exact) mass is 529 g/mol. The maximum atomic E-state index is 13.7. The average Bonchev–Trinajstić information content (AvgIpc) is 2.87. The van der Waals surface area contributed by atoms with E-state index in [-0.39, 0.29) is 11.2 Å². The average molecular weight is 530 g/mol. The number of amides is 1. The van der Waals surface area contributed by atoms with Crippen LogP contribution < -0.4 is 15.5 Å². The highest BCUT2D eigenvalue weighted by Crippen LogP contribution is 2.36. The standard InChI is InChI=1S/C32H35NO6/c1-21-11-7-8-12-24(21)30(35)29-25-15-13-22(34)19-27(25)38-28-20-23(14-16-26(28)29)37-18-10-6-5-9-17-33-31(36)39-32(2,3)4/h7-8,11-16,19-20H,5-6,9-10,17-18H2,1-4H3,(H,33,36). The number of hydrogen-bond donors (Lipinski definition) is 1. The molecule has 7 heteroatoms. The van der Waals surface area contributed by atoms with Crippen LogP contribution in [0.2, 0.25) is 0 Å². The second-order valence-corrected chi connectivity index (χ2v) is 10.6. The Morgan fingerprint density at radius 2 is 1.69 bits per heavy atom. The van der Waals surface area contributed by atoms with E-state index in [1.807, 2.05) is 64.1 Å². The first-order chi connectivity index (χ1) is 18.6. The highest BCUT2D eigenvalue weighted by molar-refractivity contribution is 6.20. The molecule has 0 fully saturated rings. The largest absolute Gasteiger partial charge is 0.493 e. The van der Waals surface area contributed by atoms with E-state index in [1.165, 1.54) is 12.1 Å². The molecule has 2 aromatic rings. The number of ketones is 1. The minimum atomic E-state index is -0.498. The van der Waals surface area contributed by atoms with Gasteiger partial charge in [-0.25, -0.2) is 4.79 Å². The van der Waals surface area contributed by atoms with Gasteiger partial charge in [0.15, 0.2) is 11.2 Å². The van der Waals surface area contributed by atoms with E-state index < -0.39 is 11.7 Å². The number of benzene rings is 3. The summed E-state index contributed by atoms with van der Waals surface area (Å²) >= 11 is 0. The lowest BCUT2D eigenvalue weighted by molar-refractivity contribution is 0.0526. The molecular formula is C32H35NO6. The molecule has 0 saturated heterocycles. The van der Waals surface area contributed by atoms with Gasteiger partial charge in [-0.2, -0.15) is 0 Å². The van der Waals surface area contributed by atoms with Gasteiger partial charge in [-0.3, -0.25) is 9.59 Å². The molecule has 0 spiro atoms. The quantitative estimate of drug-likeness (QED) is 0.136. The van der Waals surface area contributed by atoms with Gasteiger partial charge in [0.05, 0.1) is 6.61 Å². The van der Waals surface area contributed by atoms with Crippen LogP contribution in [0.3, 0.4) is 0 Å². The highest BCUT2D eigenvalue weighted by atomic mass is 16.6. The number of carbonyl (C=O) groups is 2. The van der Waals surface area contributed by atoms with Crippen LogP contribution in [0, 0.1) is 6.92 Å². The van der Waals surface area contributed by atoms with Crippen molar-refractivity contribution in [3.63, 3.8) is 0 Å². The van der Waals surface area contributed by atoms with Crippen molar-refractivity contribution in [2.45, 2.75) is 59.0 Å². The van der Waals surface area contributed by atoms with E-state index in [4.69, 9.17) is 13.9 Å². The molecule has 1 aliphatic heterocycles. The fourth-order valence-corrected chi connectivity index (χ4v) is 4.42. The van der Waals surface area contributed by atoms with Crippen LogP contribution in [-0.2, 0) is 4.74 Å². The molecule has 0 bridgehead atoms. The third-order valence-corrected chi connectivity index (χ3v) is 6.29. The normalized spacial score (nSPS) is 11.5. The highest BCUT2D eigenvalue weighted by Gasteiger charge is 2.23. The van der Waals surface area contributed by atoms with E-state index >= 15 is 0 Å². The number of ether oxygens (including phenoxy) is 2. The van der Waals surface area contributed by atoms with E-state index in [0.29, 0.717) is 52.3 Å². The van der Waals surface area contributed by atoms with Gasteiger partial charge < -0.3 is 19.2 Å². The molecule has 0 unspecified atom stereocenters. The number of alkyl carbamates (subject to hydrolysis) is 1. The van der Waals surface area contributed by atoms with Crippen LogP contribution in [0.15, 0.2) is 69.9 Å². The molecule has 1 amide bonds. The first-order valence-electron chi connectivity index (χ1n) is 13.3. The molecule has 1 N–H and O–H groups in total. The number of hydrogen-bond acceptors (Lipinski definition) is 6. The number of fused-ring (bicyclic) bond motifs is 2. The summed E-state index contributed by atoms with van der Waals surface area (Å²) in [4.78, 5) is 37.4. The molecule has 0 radical (unpaired) electrons. The number of unbranched alkanes of at least 4 members (excludes halogenated alkanes) is 3. The van der Waals surface area contributed by atoms with Crippen LogP contribution in [0.25, 0.3) is 22.3 Å². The summed E-state index contributed by atoms with van der Waals surface area (Å²) < 4.78 is 17.3. The van der Waals surface area contributed by atoms with Crippen molar-refractivity contribution < 1.29 is 23.5 Å². The van der Waals surface area contributed by atoms with Gasteiger partial charge in [-0.1, -0.05) is 37.1 Å². The number of carbonyl (C=O) groups excluding carboxylic acids is 2. The fraction of sp³-hybridized carbons (Fsp3) is 0.344. The smallest absolute Gasteiger partial charge is 0.407 e. The third-order valence-electron chi connectivity index (χ3n) is 6.29. The lowest BCUT2D eigenvalue weighted by atomic mass is 9.91. The van der Waals surface area contributed by atoms with Gasteiger partial charge in [0.1, 0.15) is 22.7 Å². The van der Waals surface area contributed by atoms with E-state index in [9.17, 15) is 14.4 Å². The van der Waals surface area contributed by atoms with E-state index in [2.05, 4.69) is 5.32 Å². The lowest BCUT2D eigenvalue weighted by Gasteiger charge is -2.19. The summed E-state index contributed by atoms with van der Waals surface area (Å²) in [5.74, 6) is 0.876. The Kier molecular flexibility index (Phi) is 8.69. The maximum absolute atomic E-state index is 13.7. The van der Waals surface area contributed by atoms with Crippen molar-refractivity contribution in [3.8, 4) is 17.1 Å². The first-order valence-corrected chi connectivity index (χ1v) is 13.3. The Morgan fingerprint density at radius 3 is 2.46 bits per heavy atom. The minimum Gasteiger partial charge on any atom is -0.493 e. The van der Waals surface area contributed by atoms with Crippen LogP contribution >= 0.6 is 0 Å². The number of rotatable bonds is 10. The number of aryl methyl sites for hydroxylation is 1. The van der Waals surface area contributed by atoms with Gasteiger partial charge in [0.25, 0.3) is 0 Å². The summed E-state index contributed by atoms with van der Waals surface area (Å²) in [6.07, 6.45) is 3.24. The molecule has 4 rings (SSSR count). The molecule has 0 saturated carbocycles. The molecular weight excluding hydrogens is 494 g/mol. The van der Waals surface area contributed by atoms with Crippen molar-refractivity contribution in [1.29, 1.82) is 0 Å².